The van der Waals surface area contributed by atoms with Crippen molar-refractivity contribution in [1.29, 1.82) is 0 Å². The number of rotatable bonds is 4. The summed E-state index contributed by atoms with van der Waals surface area (Å²) >= 11 is 0. The molecule has 5 aromatic rings. The lowest BCUT2D eigenvalue weighted by molar-refractivity contribution is 0.810. The van der Waals surface area contributed by atoms with Gasteiger partial charge in [0.15, 0.2) is 17.5 Å². The van der Waals surface area contributed by atoms with Crippen LogP contribution in [0.2, 0.25) is 0 Å². The van der Waals surface area contributed by atoms with Gasteiger partial charge in [-0.3, -0.25) is 0 Å². The molecule has 0 fully saturated rings. The highest BCUT2D eigenvalue weighted by Crippen LogP contribution is 2.48. The summed E-state index contributed by atoms with van der Waals surface area (Å²) in [5.41, 5.74) is 8.42. The van der Waals surface area contributed by atoms with Crippen molar-refractivity contribution in [2.45, 2.75) is 32.7 Å². The number of nitrogens with zero attached hydrogens (tertiary/aromatic N) is 5. The second kappa shape index (κ2) is 9.65. The van der Waals surface area contributed by atoms with Crippen molar-refractivity contribution in [3.05, 3.63) is 132 Å². The molecule has 1 atom stereocenters. The van der Waals surface area contributed by atoms with Crippen LogP contribution in [0.15, 0.2) is 119 Å². The molecule has 0 bridgehead atoms. The first-order valence-corrected chi connectivity index (χ1v) is 13.7. The molecule has 6 nitrogen and oxygen atoms in total. The van der Waals surface area contributed by atoms with Crippen LogP contribution >= 0.6 is 0 Å². The number of aryl methyl sites for hydroxylation is 1. The molecule has 196 valence electrons. The number of aliphatic imine (C=N–C) groups is 2. The summed E-state index contributed by atoms with van der Waals surface area (Å²) in [4.78, 5) is 12.7. The van der Waals surface area contributed by atoms with Crippen LogP contribution in [0.1, 0.15) is 48.2 Å². The molecule has 0 amide bonds. The second-order valence-corrected chi connectivity index (χ2v) is 10.5. The Kier molecular flexibility index (Phi) is 5.81. The number of hydrogen-bond donors (Lipinski definition) is 1. The molecule has 1 N–H and O–H groups in total. The average molecular weight is 523 g/mol. The number of nitrogens with one attached hydrogen (secondary N) is 1. The minimum Gasteiger partial charge on any atom is -0.337 e. The van der Waals surface area contributed by atoms with E-state index in [0.29, 0.717) is 11.8 Å². The fourth-order valence-corrected chi connectivity index (χ4v) is 5.58. The zero-order valence-corrected chi connectivity index (χ0v) is 22.8. The van der Waals surface area contributed by atoms with E-state index >= 15 is 0 Å². The van der Waals surface area contributed by atoms with Crippen LogP contribution in [0.4, 0.5) is 22.9 Å². The second-order valence-electron chi connectivity index (χ2n) is 10.5. The largest absolute Gasteiger partial charge is 0.337 e. The minimum absolute atomic E-state index is 0.134. The van der Waals surface area contributed by atoms with Gasteiger partial charge >= 0.3 is 0 Å². The maximum Gasteiger partial charge on any atom is 0.179 e. The molecule has 0 radical (unpaired) electrons. The summed E-state index contributed by atoms with van der Waals surface area (Å²) in [5.74, 6) is 2.76. The Hall–Kier alpha value is -4.97. The molecule has 6 heteroatoms. The highest BCUT2D eigenvalue weighted by atomic mass is 15.4. The van der Waals surface area contributed by atoms with E-state index in [-0.39, 0.29) is 6.04 Å². The molecule has 7 rings (SSSR count). The summed E-state index contributed by atoms with van der Waals surface area (Å²) < 4.78 is 1.96. The van der Waals surface area contributed by atoms with E-state index in [4.69, 9.17) is 15.1 Å². The van der Waals surface area contributed by atoms with Crippen LogP contribution in [-0.4, -0.2) is 21.5 Å². The van der Waals surface area contributed by atoms with E-state index < -0.39 is 0 Å². The summed E-state index contributed by atoms with van der Waals surface area (Å²) in [6.45, 7) is 6.54. The molecule has 0 saturated heterocycles. The first-order valence-electron chi connectivity index (χ1n) is 13.7. The molecular weight excluding hydrogens is 492 g/mol. The van der Waals surface area contributed by atoms with Gasteiger partial charge in [0.05, 0.1) is 28.8 Å². The molecule has 3 heterocycles. The van der Waals surface area contributed by atoms with Gasteiger partial charge in [-0.05, 0) is 60.4 Å². The topological polar surface area (TPSA) is 57.8 Å². The van der Waals surface area contributed by atoms with Crippen LogP contribution in [0.5, 0.6) is 0 Å². The highest BCUT2D eigenvalue weighted by Gasteiger charge is 2.41. The van der Waals surface area contributed by atoms with Crippen LogP contribution < -0.4 is 10.2 Å². The lowest BCUT2D eigenvalue weighted by Crippen LogP contribution is -2.46. The standard InChI is InChI=1S/C34H30N6/c1-22(2)24-18-20-25(21-19-24)31-30-23(3)38-40(27-14-8-5-9-15-27)33(30)37-34-32(35-26-12-6-4-7-13-26)36-28-16-10-11-17-29(28)39(31)34/h4-22,31H,1-3H3,(H,35,36)/t31-/m0/s1. The van der Waals surface area contributed by atoms with Gasteiger partial charge in [0, 0.05) is 11.3 Å². The van der Waals surface area contributed by atoms with E-state index in [1.54, 1.807) is 0 Å². The Balaban J connectivity index is 1.49. The van der Waals surface area contributed by atoms with Crippen molar-refractivity contribution in [2.24, 2.45) is 9.98 Å². The van der Waals surface area contributed by atoms with E-state index in [9.17, 15) is 0 Å². The molecule has 2 aliphatic rings. The lowest BCUT2D eigenvalue weighted by atomic mass is 9.91. The van der Waals surface area contributed by atoms with Gasteiger partial charge in [-0.25, -0.2) is 14.7 Å². The Labute approximate surface area is 234 Å². The third kappa shape index (κ3) is 4.00. The quantitative estimate of drug-likeness (QED) is 0.259. The highest BCUT2D eigenvalue weighted by molar-refractivity contribution is 6.51. The summed E-state index contributed by atoms with van der Waals surface area (Å²) in [5, 5.41) is 8.59. The number of aromatic nitrogens is 2. The molecule has 4 aromatic carbocycles. The van der Waals surface area contributed by atoms with E-state index in [0.717, 1.165) is 45.7 Å². The molecule has 0 saturated carbocycles. The van der Waals surface area contributed by atoms with Crippen LogP contribution in [0, 0.1) is 6.92 Å². The Bertz CT molecular complexity index is 1750. The Morgan fingerprint density at radius 2 is 1.43 bits per heavy atom. The number of fused-ring (bicyclic) bond motifs is 4. The van der Waals surface area contributed by atoms with Gasteiger partial charge < -0.3 is 10.2 Å². The molecule has 40 heavy (non-hydrogen) atoms. The molecule has 0 aliphatic carbocycles. The summed E-state index contributed by atoms with van der Waals surface area (Å²) in [6.07, 6.45) is 0. The van der Waals surface area contributed by atoms with Crippen molar-refractivity contribution in [2.75, 3.05) is 10.2 Å². The molecule has 2 aliphatic heterocycles. The van der Waals surface area contributed by atoms with Crippen molar-refractivity contribution in [3.63, 3.8) is 0 Å². The monoisotopic (exact) mass is 522 g/mol. The first kappa shape index (κ1) is 24.1. The average Bonchev–Trinajstić information content (AvgIpc) is 3.33. The fraction of sp³-hybridized carbons (Fsp3) is 0.147. The fourth-order valence-electron chi connectivity index (χ4n) is 5.58. The van der Waals surface area contributed by atoms with Crippen LogP contribution in [0.25, 0.3) is 5.69 Å². The van der Waals surface area contributed by atoms with Gasteiger partial charge in [-0.1, -0.05) is 86.6 Å². The van der Waals surface area contributed by atoms with Crippen molar-refractivity contribution < 1.29 is 0 Å². The number of hydrogen-bond acceptors (Lipinski definition) is 5. The van der Waals surface area contributed by atoms with Crippen molar-refractivity contribution in [1.82, 2.24) is 9.78 Å². The van der Waals surface area contributed by atoms with Gasteiger partial charge in [0.25, 0.3) is 0 Å². The van der Waals surface area contributed by atoms with Crippen LogP contribution in [-0.2, 0) is 0 Å². The van der Waals surface area contributed by atoms with Gasteiger partial charge in [-0.15, -0.1) is 0 Å². The molecule has 1 aromatic heterocycles. The normalized spacial score (nSPS) is 15.6. The zero-order chi connectivity index (χ0) is 27.2. The maximum atomic E-state index is 5.31. The molecular formula is C34H30N6. The van der Waals surface area contributed by atoms with Gasteiger partial charge in [-0.2, -0.15) is 5.10 Å². The van der Waals surface area contributed by atoms with Crippen LogP contribution in [0.3, 0.4) is 0 Å². The first-order chi connectivity index (χ1) is 19.6. The summed E-state index contributed by atoms with van der Waals surface area (Å²) in [7, 11) is 0. The number of amidine groups is 2. The third-order valence-corrected chi connectivity index (χ3v) is 7.59. The number of anilines is 2. The molecule has 0 unspecified atom stereocenters. The lowest BCUT2D eigenvalue weighted by Gasteiger charge is -2.40. The number of para-hydroxylation sites is 4. The SMILES string of the molecule is Cc1nn(-c2ccccc2)c2c1[C@H](c1ccc(C(C)C)cc1)N1C(=N2)C(Nc2ccccc2)=Nc2ccccc21. The predicted molar refractivity (Wildman–Crippen MR) is 164 cm³/mol. The van der Waals surface area contributed by atoms with Crippen molar-refractivity contribution >= 4 is 34.6 Å². The third-order valence-electron chi connectivity index (χ3n) is 7.59. The van der Waals surface area contributed by atoms with E-state index in [1.165, 1.54) is 11.1 Å². The maximum absolute atomic E-state index is 5.31. The Morgan fingerprint density at radius 3 is 2.15 bits per heavy atom. The molecule has 0 spiro atoms. The summed E-state index contributed by atoms with van der Waals surface area (Å²) in [6, 6.07) is 37.5. The smallest absolute Gasteiger partial charge is 0.179 e. The van der Waals surface area contributed by atoms with Gasteiger partial charge in [0.1, 0.15) is 0 Å². The van der Waals surface area contributed by atoms with E-state index in [2.05, 4.69) is 85.6 Å². The minimum atomic E-state index is -0.134. The predicted octanol–water partition coefficient (Wildman–Crippen LogP) is 8.10. The van der Waals surface area contributed by atoms with E-state index in [1.807, 2.05) is 59.3 Å². The number of benzene rings is 4. The van der Waals surface area contributed by atoms with Crippen molar-refractivity contribution in [3.8, 4) is 5.69 Å². The zero-order valence-electron chi connectivity index (χ0n) is 22.8. The Morgan fingerprint density at radius 1 is 0.750 bits per heavy atom. The van der Waals surface area contributed by atoms with Gasteiger partial charge in [0.2, 0.25) is 0 Å².